The molecule has 0 spiro atoms. The normalized spacial score (nSPS) is 20.4. The van der Waals surface area contributed by atoms with Gasteiger partial charge in [0.2, 0.25) is 5.95 Å². The van der Waals surface area contributed by atoms with Gasteiger partial charge in [-0.2, -0.15) is 15.0 Å². The third-order valence-corrected chi connectivity index (χ3v) is 6.22. The van der Waals surface area contributed by atoms with Gasteiger partial charge in [-0.05, 0) is 44.7 Å². The number of aromatic nitrogens is 4. The highest BCUT2D eigenvalue weighted by Crippen LogP contribution is 2.34. The molecule has 0 unspecified atom stereocenters. The van der Waals surface area contributed by atoms with Gasteiger partial charge in [0.05, 0.1) is 31.6 Å². The third-order valence-electron chi connectivity index (χ3n) is 6.22. The van der Waals surface area contributed by atoms with Gasteiger partial charge in [0.25, 0.3) is 5.91 Å². The number of carbonyl (C=O) groups is 1. The Morgan fingerprint density at radius 2 is 2.03 bits per heavy atom. The van der Waals surface area contributed by atoms with Crippen molar-refractivity contribution in [2.75, 3.05) is 38.8 Å². The molecule has 1 aliphatic carbocycles. The highest BCUT2D eigenvalue weighted by molar-refractivity contribution is 5.85. The number of likely N-dealkylation sites (N-methyl/N-ethyl adjacent to an activating group) is 1. The van der Waals surface area contributed by atoms with E-state index in [4.69, 9.17) is 14.5 Å². The van der Waals surface area contributed by atoms with Crippen LogP contribution in [-0.2, 0) is 16.1 Å². The molecule has 0 aromatic carbocycles. The third kappa shape index (κ3) is 5.06. The van der Waals surface area contributed by atoms with Gasteiger partial charge < -0.3 is 24.4 Å². The predicted molar refractivity (Wildman–Crippen MR) is 122 cm³/mol. The largest absolute Gasteiger partial charge is 0.447 e. The van der Waals surface area contributed by atoms with E-state index in [-0.39, 0.29) is 24.6 Å². The number of aliphatic hydroxyl groups is 1. The quantitative estimate of drug-likeness (QED) is 0.695. The van der Waals surface area contributed by atoms with Crippen LogP contribution in [0.4, 0.5) is 5.95 Å². The van der Waals surface area contributed by atoms with Gasteiger partial charge in [0, 0.05) is 32.4 Å². The molecule has 1 saturated heterocycles. The van der Waals surface area contributed by atoms with Crippen molar-refractivity contribution >= 4 is 11.9 Å². The number of morpholine rings is 1. The van der Waals surface area contributed by atoms with Gasteiger partial charge in [-0.15, -0.1) is 0 Å². The van der Waals surface area contributed by atoms with Crippen molar-refractivity contribution in [2.24, 2.45) is 0 Å². The molecular formula is C23H32N6O4. The van der Waals surface area contributed by atoms with Crippen LogP contribution in [0.2, 0.25) is 0 Å². The molecule has 1 amide bonds. The lowest BCUT2D eigenvalue weighted by atomic mass is 9.83. The molecule has 178 valence electrons. The summed E-state index contributed by atoms with van der Waals surface area (Å²) < 4.78 is 11.9. The topological polar surface area (TPSA) is 114 Å². The number of carbonyl (C=O) groups excluding carboxylic acids is 1. The van der Waals surface area contributed by atoms with Gasteiger partial charge in [0.1, 0.15) is 0 Å². The Morgan fingerprint density at radius 1 is 1.24 bits per heavy atom. The standard InChI is InChI=1S/C23H32N6O4/c1-16-15-32-12-11-29(16)21-25-19(17-7-8-18(14-30)24-13-17)26-22(27-21)33-23(20(31)28(2)3)9-5-4-6-10-23/h7-8,13,16,30H,4-6,9-12,14-15H2,1-3H3/t16-/m0/s1. The Labute approximate surface area is 194 Å². The van der Waals surface area contributed by atoms with E-state index in [1.54, 1.807) is 31.3 Å². The van der Waals surface area contributed by atoms with Crippen LogP contribution in [0.5, 0.6) is 6.01 Å². The minimum atomic E-state index is -0.979. The van der Waals surface area contributed by atoms with E-state index < -0.39 is 5.60 Å². The molecule has 2 aromatic heterocycles. The first-order valence-corrected chi connectivity index (χ1v) is 11.5. The molecule has 1 aliphatic heterocycles. The lowest BCUT2D eigenvalue weighted by molar-refractivity contribution is -0.149. The highest BCUT2D eigenvalue weighted by Gasteiger charge is 2.44. The van der Waals surface area contributed by atoms with Crippen molar-refractivity contribution < 1.29 is 19.4 Å². The summed E-state index contributed by atoms with van der Waals surface area (Å²) in [5, 5.41) is 9.32. The number of aliphatic hydroxyl groups excluding tert-OH is 1. The number of hydrogen-bond acceptors (Lipinski definition) is 9. The molecule has 0 radical (unpaired) electrons. The molecule has 10 nitrogen and oxygen atoms in total. The molecule has 1 atom stereocenters. The molecule has 33 heavy (non-hydrogen) atoms. The molecular weight excluding hydrogens is 424 g/mol. The minimum Gasteiger partial charge on any atom is -0.447 e. The Hall–Kier alpha value is -2.85. The Kier molecular flexibility index (Phi) is 7.04. The van der Waals surface area contributed by atoms with E-state index in [0.29, 0.717) is 55.6 Å². The van der Waals surface area contributed by atoms with E-state index in [1.165, 1.54) is 0 Å². The maximum Gasteiger partial charge on any atom is 0.322 e. The van der Waals surface area contributed by atoms with E-state index in [2.05, 4.69) is 26.8 Å². The van der Waals surface area contributed by atoms with Crippen LogP contribution in [-0.4, -0.2) is 81.3 Å². The van der Waals surface area contributed by atoms with Crippen LogP contribution in [0.3, 0.4) is 0 Å². The van der Waals surface area contributed by atoms with Crippen molar-refractivity contribution in [3.63, 3.8) is 0 Å². The fourth-order valence-electron chi connectivity index (χ4n) is 4.39. The van der Waals surface area contributed by atoms with Crippen LogP contribution in [0, 0.1) is 0 Å². The summed E-state index contributed by atoms with van der Waals surface area (Å²) in [5.41, 5.74) is 0.259. The lowest BCUT2D eigenvalue weighted by Crippen LogP contribution is -2.52. The van der Waals surface area contributed by atoms with Crippen molar-refractivity contribution in [3.05, 3.63) is 24.0 Å². The zero-order valence-electron chi connectivity index (χ0n) is 19.5. The summed E-state index contributed by atoms with van der Waals surface area (Å²) in [4.78, 5) is 35.0. The molecule has 2 aliphatic rings. The average molecular weight is 457 g/mol. The second-order valence-electron chi connectivity index (χ2n) is 8.91. The highest BCUT2D eigenvalue weighted by atomic mass is 16.5. The number of amides is 1. The van der Waals surface area contributed by atoms with Crippen molar-refractivity contribution in [1.82, 2.24) is 24.8 Å². The summed E-state index contributed by atoms with van der Waals surface area (Å²) in [6.07, 6.45) is 5.78. The second kappa shape index (κ2) is 9.96. The maximum atomic E-state index is 13.2. The van der Waals surface area contributed by atoms with E-state index >= 15 is 0 Å². The number of ether oxygens (including phenoxy) is 2. The van der Waals surface area contributed by atoms with Crippen LogP contribution in [0.15, 0.2) is 18.3 Å². The smallest absolute Gasteiger partial charge is 0.322 e. The first-order valence-electron chi connectivity index (χ1n) is 11.5. The molecule has 0 bridgehead atoms. The summed E-state index contributed by atoms with van der Waals surface area (Å²) in [6.45, 7) is 3.72. The summed E-state index contributed by atoms with van der Waals surface area (Å²) in [5.74, 6) is 0.827. The van der Waals surface area contributed by atoms with Crippen LogP contribution < -0.4 is 9.64 Å². The molecule has 10 heteroatoms. The van der Waals surface area contributed by atoms with E-state index in [0.717, 1.165) is 19.3 Å². The second-order valence-corrected chi connectivity index (χ2v) is 8.91. The zero-order valence-corrected chi connectivity index (χ0v) is 19.5. The number of pyridine rings is 1. The first kappa shape index (κ1) is 23.3. The minimum absolute atomic E-state index is 0.0700. The van der Waals surface area contributed by atoms with Crippen LogP contribution in [0.25, 0.3) is 11.4 Å². The molecule has 2 aromatic rings. The van der Waals surface area contributed by atoms with Gasteiger partial charge in [-0.1, -0.05) is 6.42 Å². The Morgan fingerprint density at radius 3 is 2.67 bits per heavy atom. The van der Waals surface area contributed by atoms with Crippen molar-refractivity contribution in [3.8, 4) is 17.4 Å². The molecule has 1 saturated carbocycles. The summed E-state index contributed by atoms with van der Waals surface area (Å²) in [7, 11) is 3.49. The molecule has 4 rings (SSSR count). The molecule has 1 N–H and O–H groups in total. The van der Waals surface area contributed by atoms with Gasteiger partial charge in [-0.3, -0.25) is 9.78 Å². The molecule has 3 heterocycles. The molecule has 2 fully saturated rings. The summed E-state index contributed by atoms with van der Waals surface area (Å²) in [6, 6.07) is 3.77. The van der Waals surface area contributed by atoms with Crippen molar-refractivity contribution in [2.45, 2.75) is 57.3 Å². The average Bonchev–Trinajstić information content (AvgIpc) is 2.84. The van der Waals surface area contributed by atoms with E-state index in [1.807, 2.05) is 6.07 Å². The number of rotatable bonds is 6. The summed E-state index contributed by atoms with van der Waals surface area (Å²) >= 11 is 0. The van der Waals surface area contributed by atoms with Gasteiger partial charge in [-0.25, -0.2) is 0 Å². The van der Waals surface area contributed by atoms with Crippen LogP contribution >= 0.6 is 0 Å². The van der Waals surface area contributed by atoms with Crippen LogP contribution in [0.1, 0.15) is 44.7 Å². The first-order chi connectivity index (χ1) is 15.9. The number of hydrogen-bond donors (Lipinski definition) is 1. The van der Waals surface area contributed by atoms with E-state index in [9.17, 15) is 9.90 Å². The SMILES string of the molecule is C[C@H]1COCCN1c1nc(OC2(C(=O)N(C)C)CCCCC2)nc(-c2ccc(CO)nc2)n1. The fraction of sp³-hybridized carbons (Fsp3) is 0.609. The lowest BCUT2D eigenvalue weighted by Gasteiger charge is -2.37. The zero-order chi connectivity index (χ0) is 23.4. The number of nitrogens with zero attached hydrogens (tertiary/aromatic N) is 6. The fourth-order valence-corrected chi connectivity index (χ4v) is 4.39. The Balaban J connectivity index is 1.75. The number of anilines is 1. The predicted octanol–water partition coefficient (Wildman–Crippen LogP) is 1.82. The van der Waals surface area contributed by atoms with Gasteiger partial charge in [0.15, 0.2) is 11.4 Å². The Bertz CT molecular complexity index is 962. The van der Waals surface area contributed by atoms with Gasteiger partial charge >= 0.3 is 6.01 Å². The maximum absolute atomic E-state index is 13.2. The monoisotopic (exact) mass is 456 g/mol. The van der Waals surface area contributed by atoms with Crippen molar-refractivity contribution in [1.29, 1.82) is 0 Å².